The van der Waals surface area contributed by atoms with Gasteiger partial charge in [0.25, 0.3) is 0 Å². The summed E-state index contributed by atoms with van der Waals surface area (Å²) in [6.45, 7) is 6.25. The molecule has 41 heavy (non-hydrogen) atoms. The predicted molar refractivity (Wildman–Crippen MR) is 163 cm³/mol. The number of hydrogen-bond donors (Lipinski definition) is 3. The van der Waals surface area contributed by atoms with Crippen LogP contribution in [0.15, 0.2) is 60.9 Å². The van der Waals surface area contributed by atoms with E-state index < -0.39 is 0 Å². The fraction of sp³-hybridized carbons (Fsp3) is 0.394. The van der Waals surface area contributed by atoms with Gasteiger partial charge in [0, 0.05) is 47.9 Å². The molecule has 3 atom stereocenters. The summed E-state index contributed by atoms with van der Waals surface area (Å²) in [5, 5.41) is 11.9. The van der Waals surface area contributed by atoms with Gasteiger partial charge >= 0.3 is 0 Å². The number of nitrogens with one attached hydrogen (secondary N) is 3. The molecule has 212 valence electrons. The number of aromatic nitrogens is 3. The molecule has 0 spiro atoms. The van der Waals surface area contributed by atoms with E-state index in [1.165, 1.54) is 6.42 Å². The van der Waals surface area contributed by atoms with E-state index in [1.807, 2.05) is 55.5 Å². The van der Waals surface area contributed by atoms with Crippen LogP contribution in [-0.2, 0) is 4.79 Å². The number of nitrogens with zero attached hydrogens (tertiary/aromatic N) is 3. The Morgan fingerprint density at radius 3 is 2.78 bits per heavy atom. The fourth-order valence-electron chi connectivity index (χ4n) is 6.16. The van der Waals surface area contributed by atoms with Gasteiger partial charge in [0.15, 0.2) is 0 Å². The number of rotatable bonds is 8. The molecule has 1 saturated heterocycles. The molecule has 8 nitrogen and oxygen atoms in total. The molecule has 3 N–H and O–H groups in total. The molecule has 1 aliphatic heterocycles. The topological polar surface area (TPSA) is 101 Å². The van der Waals surface area contributed by atoms with Gasteiger partial charge in [0.2, 0.25) is 17.7 Å². The summed E-state index contributed by atoms with van der Waals surface area (Å²) in [5.41, 5.74) is 3.30. The molecule has 2 aromatic heterocycles. The molecule has 2 aliphatic rings. The molecule has 1 unspecified atom stereocenters. The average molecular weight is 551 g/mol. The molecular weight excluding hydrogens is 512 g/mol. The van der Waals surface area contributed by atoms with E-state index in [0.29, 0.717) is 41.9 Å². The lowest BCUT2D eigenvalue weighted by molar-refractivity contribution is -0.117. The van der Waals surface area contributed by atoms with E-state index in [0.717, 1.165) is 72.1 Å². The minimum absolute atomic E-state index is 0.0730. The first-order valence-corrected chi connectivity index (χ1v) is 14.8. The number of piperidine rings is 1. The standard InChI is InChI=1S/C33H38N6O2/c1-21-10-12-23(18-21)19-30(40)38-28-9-3-7-26-25(28)13-11-22(2)31(26)41-32-27(8-5-16-35-32)29-14-17-36-33(39-29)37-24-6-4-15-34-20-24/h3,5,7-9,11,13-14,16-17,21,23-24,34H,4,6,10,12,15,18-20H2,1-2H3,(H,38,40)(H,36,37,39)/t21?,23-,24-/m0/s1. The first-order chi connectivity index (χ1) is 20.0. The van der Waals surface area contributed by atoms with Crippen LogP contribution in [0.2, 0.25) is 0 Å². The van der Waals surface area contributed by atoms with Crippen molar-refractivity contribution in [3.63, 3.8) is 0 Å². The van der Waals surface area contributed by atoms with Crippen molar-refractivity contribution in [2.24, 2.45) is 11.8 Å². The Bertz CT molecular complexity index is 1530. The molecule has 1 amide bonds. The maximum atomic E-state index is 12.9. The molecule has 0 bridgehead atoms. The van der Waals surface area contributed by atoms with E-state index in [4.69, 9.17) is 9.72 Å². The summed E-state index contributed by atoms with van der Waals surface area (Å²) in [5.74, 6) is 3.04. The third-order valence-corrected chi connectivity index (χ3v) is 8.29. The van der Waals surface area contributed by atoms with E-state index in [-0.39, 0.29) is 5.91 Å². The normalized spacial score (nSPS) is 20.6. The van der Waals surface area contributed by atoms with Gasteiger partial charge in [0.05, 0.1) is 11.3 Å². The molecule has 4 aromatic rings. The minimum atomic E-state index is 0.0730. The molecule has 8 heteroatoms. The second-order valence-corrected chi connectivity index (χ2v) is 11.6. The van der Waals surface area contributed by atoms with Crippen LogP contribution in [0.5, 0.6) is 11.6 Å². The molecular formula is C33H38N6O2. The molecule has 0 radical (unpaired) electrons. The van der Waals surface area contributed by atoms with E-state index in [2.05, 4.69) is 32.8 Å². The van der Waals surface area contributed by atoms with Gasteiger partial charge in [-0.3, -0.25) is 4.79 Å². The number of fused-ring (bicyclic) bond motifs is 1. The van der Waals surface area contributed by atoms with Crippen LogP contribution >= 0.6 is 0 Å². The fourth-order valence-corrected chi connectivity index (χ4v) is 6.16. The first kappa shape index (κ1) is 27.1. The van der Waals surface area contributed by atoms with Crippen LogP contribution in [-0.4, -0.2) is 40.0 Å². The van der Waals surface area contributed by atoms with Crippen molar-refractivity contribution in [3.05, 3.63) is 66.5 Å². The van der Waals surface area contributed by atoms with Crippen molar-refractivity contribution in [1.82, 2.24) is 20.3 Å². The molecule has 2 fully saturated rings. The summed E-state index contributed by atoms with van der Waals surface area (Å²) in [6.07, 6.45) is 9.76. The summed E-state index contributed by atoms with van der Waals surface area (Å²) >= 11 is 0. The SMILES string of the molecule is Cc1ccc2c(NC(=O)C[C@H]3CCC(C)C3)cccc2c1Oc1ncccc1-c1ccnc(N[C@H]2CCCNC2)n1. The zero-order chi connectivity index (χ0) is 28.2. The highest BCUT2D eigenvalue weighted by atomic mass is 16.5. The maximum absolute atomic E-state index is 12.9. The van der Waals surface area contributed by atoms with Crippen molar-refractivity contribution < 1.29 is 9.53 Å². The lowest BCUT2D eigenvalue weighted by atomic mass is 10.0. The van der Waals surface area contributed by atoms with Crippen LogP contribution in [0.25, 0.3) is 22.0 Å². The highest BCUT2D eigenvalue weighted by Gasteiger charge is 2.24. The quantitative estimate of drug-likeness (QED) is 0.224. The highest BCUT2D eigenvalue weighted by Crippen LogP contribution is 2.39. The maximum Gasteiger partial charge on any atom is 0.228 e. The van der Waals surface area contributed by atoms with E-state index in [1.54, 1.807) is 12.4 Å². The Balaban J connectivity index is 1.26. The average Bonchev–Trinajstić information content (AvgIpc) is 3.39. The summed E-state index contributed by atoms with van der Waals surface area (Å²) < 4.78 is 6.56. The van der Waals surface area contributed by atoms with E-state index in [9.17, 15) is 4.79 Å². The number of aryl methyl sites for hydroxylation is 1. The summed E-state index contributed by atoms with van der Waals surface area (Å²) in [6, 6.07) is 16.1. The third-order valence-electron chi connectivity index (χ3n) is 8.29. The number of hydrogen-bond acceptors (Lipinski definition) is 7. The second-order valence-electron chi connectivity index (χ2n) is 11.6. The van der Waals surface area contributed by atoms with Crippen LogP contribution in [0.4, 0.5) is 11.6 Å². The van der Waals surface area contributed by atoms with Gasteiger partial charge in [-0.2, -0.15) is 0 Å². The van der Waals surface area contributed by atoms with Crippen molar-refractivity contribution in [1.29, 1.82) is 0 Å². The Labute approximate surface area is 241 Å². The van der Waals surface area contributed by atoms with Gasteiger partial charge in [-0.25, -0.2) is 15.0 Å². The summed E-state index contributed by atoms with van der Waals surface area (Å²) in [7, 11) is 0. The Hall–Kier alpha value is -4.04. The number of carbonyl (C=O) groups excluding carboxylic acids is 1. The van der Waals surface area contributed by atoms with E-state index >= 15 is 0 Å². The zero-order valence-electron chi connectivity index (χ0n) is 23.8. The van der Waals surface area contributed by atoms with Crippen molar-refractivity contribution in [2.75, 3.05) is 23.7 Å². The first-order valence-electron chi connectivity index (χ1n) is 14.8. The van der Waals surface area contributed by atoms with Crippen LogP contribution < -0.4 is 20.7 Å². The van der Waals surface area contributed by atoms with Crippen LogP contribution in [0.3, 0.4) is 0 Å². The number of benzene rings is 2. The molecule has 1 aliphatic carbocycles. The number of ether oxygens (including phenoxy) is 1. The van der Waals surface area contributed by atoms with Crippen molar-refractivity contribution >= 4 is 28.3 Å². The lowest BCUT2D eigenvalue weighted by Crippen LogP contribution is -2.38. The molecule has 6 rings (SSSR count). The van der Waals surface area contributed by atoms with Crippen molar-refractivity contribution in [3.8, 4) is 22.9 Å². The Kier molecular flexibility index (Phi) is 8.09. The Morgan fingerprint density at radius 1 is 1.02 bits per heavy atom. The van der Waals surface area contributed by atoms with Crippen LogP contribution in [0, 0.1) is 18.8 Å². The van der Waals surface area contributed by atoms with Gasteiger partial charge < -0.3 is 20.7 Å². The molecule has 2 aromatic carbocycles. The van der Waals surface area contributed by atoms with Gasteiger partial charge in [-0.1, -0.05) is 37.6 Å². The Morgan fingerprint density at radius 2 is 1.95 bits per heavy atom. The van der Waals surface area contributed by atoms with Gasteiger partial charge in [0.1, 0.15) is 5.75 Å². The van der Waals surface area contributed by atoms with Crippen molar-refractivity contribution in [2.45, 2.75) is 58.4 Å². The smallest absolute Gasteiger partial charge is 0.228 e. The number of anilines is 2. The summed E-state index contributed by atoms with van der Waals surface area (Å²) in [4.78, 5) is 26.8. The van der Waals surface area contributed by atoms with Gasteiger partial charge in [-0.15, -0.1) is 0 Å². The van der Waals surface area contributed by atoms with Gasteiger partial charge in [-0.05, 0) is 80.8 Å². The number of carbonyl (C=O) groups is 1. The molecule has 1 saturated carbocycles. The lowest BCUT2D eigenvalue weighted by Gasteiger charge is -2.23. The predicted octanol–water partition coefficient (Wildman–Crippen LogP) is 6.72. The second kappa shape index (κ2) is 12.2. The largest absolute Gasteiger partial charge is 0.437 e. The van der Waals surface area contributed by atoms with Crippen LogP contribution in [0.1, 0.15) is 51.0 Å². The monoisotopic (exact) mass is 550 g/mol. The highest BCUT2D eigenvalue weighted by molar-refractivity contribution is 6.04. The molecule has 3 heterocycles. The minimum Gasteiger partial charge on any atom is -0.437 e. The number of amides is 1. The third kappa shape index (κ3) is 6.33. The zero-order valence-corrected chi connectivity index (χ0v) is 23.8. The number of pyridine rings is 1.